The molecule has 3 nitrogen and oxygen atoms in total. The number of benzene rings is 3. The molecule has 0 bridgehead atoms. The van der Waals surface area contributed by atoms with Gasteiger partial charge in [-0.05, 0) is 61.5 Å². The zero-order valence-electron chi connectivity index (χ0n) is 14.9. The van der Waals surface area contributed by atoms with Crippen molar-refractivity contribution in [1.29, 1.82) is 0 Å². The van der Waals surface area contributed by atoms with Crippen LogP contribution in [-0.2, 0) is 0 Å². The number of carbonyl (C=O) groups excluding carboxylic acids is 2. The van der Waals surface area contributed by atoms with E-state index in [4.69, 9.17) is 4.74 Å². The largest absolute Gasteiger partial charge is 0.422 e. The summed E-state index contributed by atoms with van der Waals surface area (Å²) in [5, 5.41) is 0. The number of ketones is 1. The number of aryl methyl sites for hydroxylation is 1. The Hall–Kier alpha value is -2.63. The van der Waals surface area contributed by atoms with Gasteiger partial charge in [-0.15, -0.1) is 0 Å². The number of rotatable bonds is 3. The summed E-state index contributed by atoms with van der Waals surface area (Å²) in [7, 11) is 0. The highest BCUT2D eigenvalue weighted by atomic mass is 79.9. The second kappa shape index (κ2) is 7.78. The Morgan fingerprint density at radius 1 is 1.04 bits per heavy atom. The quantitative estimate of drug-likeness (QED) is 0.266. The van der Waals surface area contributed by atoms with Crippen LogP contribution >= 0.6 is 27.7 Å². The van der Waals surface area contributed by atoms with Gasteiger partial charge in [-0.3, -0.25) is 4.79 Å². The maximum atomic E-state index is 12.7. The van der Waals surface area contributed by atoms with Crippen molar-refractivity contribution in [3.63, 3.8) is 0 Å². The number of thioether (sulfide) groups is 1. The van der Waals surface area contributed by atoms with Gasteiger partial charge in [0, 0.05) is 20.5 Å². The summed E-state index contributed by atoms with van der Waals surface area (Å²) in [6, 6.07) is 20.1. The van der Waals surface area contributed by atoms with Gasteiger partial charge in [-0.1, -0.05) is 51.5 Å². The molecule has 1 aliphatic rings. The maximum absolute atomic E-state index is 12.7. The molecule has 0 amide bonds. The molecule has 4 rings (SSSR count). The smallest absolute Gasteiger partial charge is 0.343 e. The lowest BCUT2D eigenvalue weighted by molar-refractivity contribution is 0.0734. The molecule has 1 aliphatic heterocycles. The first-order valence-corrected chi connectivity index (χ1v) is 10.2. The van der Waals surface area contributed by atoms with Gasteiger partial charge in [0.15, 0.2) is 0 Å². The highest BCUT2D eigenvalue weighted by molar-refractivity contribution is 9.10. The molecule has 0 radical (unpaired) electrons. The Morgan fingerprint density at radius 2 is 1.79 bits per heavy atom. The van der Waals surface area contributed by atoms with Crippen LogP contribution in [-0.4, -0.2) is 11.8 Å². The van der Waals surface area contributed by atoms with Gasteiger partial charge in [-0.25, -0.2) is 4.79 Å². The van der Waals surface area contributed by atoms with Crippen LogP contribution in [0.1, 0.15) is 31.8 Å². The predicted molar refractivity (Wildman–Crippen MR) is 115 cm³/mol. The van der Waals surface area contributed by atoms with Gasteiger partial charge in [0.2, 0.25) is 5.78 Å². The standard InChI is InChI=1S/C23H15BrO3S/c1-14-6-11-19(27-23(26)15-7-9-17(24)10-8-15)16(12-14)13-21-22(25)18-4-2-3-5-20(18)28-21/h2-13H,1H3/b21-13-. The lowest BCUT2D eigenvalue weighted by Gasteiger charge is -2.09. The van der Waals surface area contributed by atoms with E-state index >= 15 is 0 Å². The summed E-state index contributed by atoms with van der Waals surface area (Å²) in [5.74, 6) is -0.0210. The molecule has 28 heavy (non-hydrogen) atoms. The molecule has 0 saturated heterocycles. The molecule has 0 aromatic heterocycles. The van der Waals surface area contributed by atoms with Crippen molar-refractivity contribution in [2.45, 2.75) is 11.8 Å². The molecule has 1 heterocycles. The van der Waals surface area contributed by atoms with Gasteiger partial charge in [-0.2, -0.15) is 0 Å². The topological polar surface area (TPSA) is 43.4 Å². The number of fused-ring (bicyclic) bond motifs is 1. The zero-order chi connectivity index (χ0) is 19.7. The van der Waals surface area contributed by atoms with Gasteiger partial charge >= 0.3 is 5.97 Å². The molecular formula is C23H15BrO3S. The van der Waals surface area contributed by atoms with Crippen LogP contribution in [0.4, 0.5) is 0 Å². The minimum absolute atomic E-state index is 0.00714. The normalized spacial score (nSPS) is 14.2. The molecule has 3 aromatic rings. The van der Waals surface area contributed by atoms with Gasteiger partial charge in [0.25, 0.3) is 0 Å². The van der Waals surface area contributed by atoms with E-state index < -0.39 is 5.97 Å². The second-order valence-corrected chi connectivity index (χ2v) is 8.37. The number of Topliss-reactive ketones (excluding diaryl/α,β-unsaturated/α-hetero) is 1. The molecule has 0 unspecified atom stereocenters. The Balaban J connectivity index is 1.65. The first-order valence-electron chi connectivity index (χ1n) is 8.63. The van der Waals surface area contributed by atoms with E-state index in [2.05, 4.69) is 15.9 Å². The first-order chi connectivity index (χ1) is 13.5. The van der Waals surface area contributed by atoms with Crippen LogP contribution in [0, 0.1) is 6.92 Å². The Labute approximate surface area is 175 Å². The lowest BCUT2D eigenvalue weighted by Crippen LogP contribution is -2.09. The molecule has 0 atom stereocenters. The van der Waals surface area contributed by atoms with Crippen molar-refractivity contribution in [2.75, 3.05) is 0 Å². The number of esters is 1. The number of ether oxygens (including phenoxy) is 1. The molecular weight excluding hydrogens is 436 g/mol. The number of allylic oxidation sites excluding steroid dienone is 1. The van der Waals surface area contributed by atoms with Gasteiger partial charge in [0.05, 0.1) is 10.5 Å². The summed E-state index contributed by atoms with van der Waals surface area (Å²) in [4.78, 5) is 26.7. The third kappa shape index (κ3) is 3.81. The molecule has 0 fully saturated rings. The highest BCUT2D eigenvalue weighted by Gasteiger charge is 2.25. The minimum atomic E-state index is -0.440. The minimum Gasteiger partial charge on any atom is -0.422 e. The van der Waals surface area contributed by atoms with Crippen molar-refractivity contribution in [3.8, 4) is 5.75 Å². The fourth-order valence-corrected chi connectivity index (χ4v) is 4.20. The van der Waals surface area contributed by atoms with E-state index in [-0.39, 0.29) is 5.78 Å². The summed E-state index contributed by atoms with van der Waals surface area (Å²) >= 11 is 4.79. The van der Waals surface area contributed by atoms with E-state index in [1.54, 1.807) is 36.4 Å². The fourth-order valence-electron chi connectivity index (χ4n) is 2.90. The Morgan fingerprint density at radius 3 is 2.54 bits per heavy atom. The van der Waals surface area contributed by atoms with Crippen molar-refractivity contribution < 1.29 is 14.3 Å². The van der Waals surface area contributed by atoms with Crippen molar-refractivity contribution >= 4 is 45.5 Å². The third-order valence-corrected chi connectivity index (χ3v) is 5.94. The molecule has 5 heteroatoms. The molecule has 0 spiro atoms. The van der Waals surface area contributed by atoms with E-state index in [1.165, 1.54) is 11.8 Å². The van der Waals surface area contributed by atoms with Crippen LogP contribution in [0.5, 0.6) is 5.75 Å². The molecule has 0 saturated carbocycles. The van der Waals surface area contributed by atoms with Gasteiger partial charge in [0.1, 0.15) is 5.75 Å². The van der Waals surface area contributed by atoms with Crippen LogP contribution < -0.4 is 4.74 Å². The average molecular weight is 451 g/mol. The van der Waals surface area contributed by atoms with E-state index in [9.17, 15) is 9.59 Å². The Kier molecular flexibility index (Phi) is 5.20. The van der Waals surface area contributed by atoms with Crippen molar-refractivity contribution in [1.82, 2.24) is 0 Å². The van der Waals surface area contributed by atoms with Crippen LogP contribution in [0.3, 0.4) is 0 Å². The molecule has 3 aromatic carbocycles. The van der Waals surface area contributed by atoms with Crippen molar-refractivity contribution in [2.24, 2.45) is 0 Å². The summed E-state index contributed by atoms with van der Waals surface area (Å²) in [6.07, 6.45) is 1.80. The van der Waals surface area contributed by atoms with Gasteiger partial charge < -0.3 is 4.74 Å². The number of hydrogen-bond acceptors (Lipinski definition) is 4. The average Bonchev–Trinajstić information content (AvgIpc) is 3.00. The number of hydrogen-bond donors (Lipinski definition) is 0. The zero-order valence-corrected chi connectivity index (χ0v) is 17.3. The highest BCUT2D eigenvalue weighted by Crippen LogP contribution is 2.41. The van der Waals surface area contributed by atoms with Crippen LogP contribution in [0.15, 0.2) is 81.0 Å². The maximum Gasteiger partial charge on any atom is 0.343 e. The molecule has 138 valence electrons. The predicted octanol–water partition coefficient (Wildman–Crippen LogP) is 6.31. The van der Waals surface area contributed by atoms with Crippen molar-refractivity contribution in [3.05, 3.63) is 98.4 Å². The number of carbonyl (C=O) groups is 2. The van der Waals surface area contributed by atoms with Crippen LogP contribution in [0.2, 0.25) is 0 Å². The third-order valence-electron chi connectivity index (χ3n) is 4.31. The van der Waals surface area contributed by atoms with E-state index in [0.717, 1.165) is 14.9 Å². The lowest BCUT2D eigenvalue weighted by atomic mass is 10.1. The number of halogens is 1. The second-order valence-electron chi connectivity index (χ2n) is 6.37. The van der Waals surface area contributed by atoms with E-state index in [0.29, 0.717) is 27.3 Å². The SMILES string of the molecule is Cc1ccc(OC(=O)c2ccc(Br)cc2)c(/C=C2\Sc3ccccc3C2=O)c1. The first kappa shape index (κ1) is 18.7. The summed E-state index contributed by atoms with van der Waals surface area (Å²) in [5.41, 5.74) is 2.89. The summed E-state index contributed by atoms with van der Waals surface area (Å²) in [6.45, 7) is 1.96. The van der Waals surface area contributed by atoms with E-state index in [1.807, 2.05) is 43.3 Å². The Bertz CT molecular complexity index is 1120. The van der Waals surface area contributed by atoms with Crippen LogP contribution in [0.25, 0.3) is 6.08 Å². The fraction of sp³-hybridized carbons (Fsp3) is 0.0435. The molecule has 0 N–H and O–H groups in total. The summed E-state index contributed by atoms with van der Waals surface area (Å²) < 4.78 is 6.52. The molecule has 0 aliphatic carbocycles. The monoisotopic (exact) mass is 450 g/mol.